The molecule has 1 fully saturated rings. The van der Waals surface area contributed by atoms with Crippen molar-refractivity contribution >= 4 is 11.8 Å². The van der Waals surface area contributed by atoms with Crippen molar-refractivity contribution in [1.29, 1.82) is 0 Å². The Morgan fingerprint density at radius 1 is 1.05 bits per heavy atom. The third kappa shape index (κ3) is 4.59. The van der Waals surface area contributed by atoms with Crippen LogP contribution in [0.5, 0.6) is 0 Å². The lowest BCUT2D eigenvalue weighted by atomic mass is 10.1. The second-order valence-electron chi connectivity index (χ2n) is 6.14. The molecule has 0 bridgehead atoms. The Balaban J connectivity index is 1.91. The summed E-state index contributed by atoms with van der Waals surface area (Å²) in [6.45, 7) is 4.76. The van der Waals surface area contributed by atoms with Crippen LogP contribution < -0.4 is 10.6 Å². The normalized spacial score (nSPS) is 15.2. The van der Waals surface area contributed by atoms with E-state index in [-0.39, 0.29) is 11.8 Å². The van der Waals surface area contributed by atoms with E-state index in [1.54, 1.807) is 24.3 Å². The van der Waals surface area contributed by atoms with Crippen molar-refractivity contribution < 1.29 is 9.59 Å². The van der Waals surface area contributed by atoms with Gasteiger partial charge < -0.3 is 10.6 Å². The molecule has 1 saturated carbocycles. The molecular formula is C17H24N2O2. The Morgan fingerprint density at radius 2 is 1.57 bits per heavy atom. The molecule has 0 aliphatic heterocycles. The molecule has 0 spiro atoms. The van der Waals surface area contributed by atoms with E-state index in [1.165, 1.54) is 12.8 Å². The van der Waals surface area contributed by atoms with Crippen LogP contribution in [0.15, 0.2) is 24.3 Å². The Kier molecular flexibility index (Phi) is 5.37. The summed E-state index contributed by atoms with van der Waals surface area (Å²) in [5, 5.41) is 5.91. The zero-order valence-corrected chi connectivity index (χ0v) is 12.8. The fourth-order valence-electron chi connectivity index (χ4n) is 2.51. The topological polar surface area (TPSA) is 58.2 Å². The lowest BCUT2D eigenvalue weighted by molar-refractivity contribution is 0.0930. The van der Waals surface area contributed by atoms with E-state index in [0.717, 1.165) is 12.8 Å². The standard InChI is InChI=1S/C17H24N2O2/c1-12(2)11-18-16(20)13-7-9-14(10-8-13)17(21)19-15-5-3-4-6-15/h7-10,12,15H,3-6,11H2,1-2H3,(H,18,20)(H,19,21). The molecule has 114 valence electrons. The first-order valence-electron chi connectivity index (χ1n) is 7.75. The summed E-state index contributed by atoms with van der Waals surface area (Å²) in [6.07, 6.45) is 4.53. The minimum Gasteiger partial charge on any atom is -0.352 e. The summed E-state index contributed by atoms with van der Waals surface area (Å²) in [5.74, 6) is 0.285. The number of rotatable bonds is 5. The molecule has 4 nitrogen and oxygen atoms in total. The minimum absolute atomic E-state index is 0.0453. The van der Waals surface area contributed by atoms with Crippen molar-refractivity contribution in [3.63, 3.8) is 0 Å². The first-order chi connectivity index (χ1) is 10.1. The van der Waals surface area contributed by atoms with Crippen LogP contribution in [0, 0.1) is 5.92 Å². The molecule has 0 atom stereocenters. The molecule has 2 rings (SSSR count). The highest BCUT2D eigenvalue weighted by Crippen LogP contribution is 2.18. The van der Waals surface area contributed by atoms with E-state index >= 15 is 0 Å². The second-order valence-corrected chi connectivity index (χ2v) is 6.14. The minimum atomic E-state index is -0.0912. The molecule has 4 heteroatoms. The fourth-order valence-corrected chi connectivity index (χ4v) is 2.51. The molecule has 0 heterocycles. The average molecular weight is 288 g/mol. The van der Waals surface area contributed by atoms with E-state index in [4.69, 9.17) is 0 Å². The average Bonchev–Trinajstić information content (AvgIpc) is 2.97. The van der Waals surface area contributed by atoms with Crippen molar-refractivity contribution in [1.82, 2.24) is 10.6 Å². The van der Waals surface area contributed by atoms with Gasteiger partial charge in [0.2, 0.25) is 0 Å². The number of carbonyl (C=O) groups is 2. The van der Waals surface area contributed by atoms with Crippen molar-refractivity contribution in [2.24, 2.45) is 5.92 Å². The maximum Gasteiger partial charge on any atom is 0.251 e. The van der Waals surface area contributed by atoms with Gasteiger partial charge in [0.05, 0.1) is 0 Å². The summed E-state index contributed by atoms with van der Waals surface area (Å²) in [6, 6.07) is 7.16. The van der Waals surface area contributed by atoms with Gasteiger partial charge in [-0.1, -0.05) is 26.7 Å². The molecule has 2 N–H and O–H groups in total. The fraction of sp³-hybridized carbons (Fsp3) is 0.529. The molecule has 1 aliphatic carbocycles. The molecule has 0 radical (unpaired) electrons. The zero-order chi connectivity index (χ0) is 15.2. The highest BCUT2D eigenvalue weighted by molar-refractivity contribution is 5.97. The summed E-state index contributed by atoms with van der Waals surface area (Å²) in [7, 11) is 0. The first-order valence-corrected chi connectivity index (χ1v) is 7.75. The van der Waals surface area contributed by atoms with Gasteiger partial charge in [-0.25, -0.2) is 0 Å². The van der Waals surface area contributed by atoms with Gasteiger partial charge in [0.1, 0.15) is 0 Å². The van der Waals surface area contributed by atoms with Gasteiger partial charge in [0.15, 0.2) is 0 Å². The maximum absolute atomic E-state index is 12.1. The maximum atomic E-state index is 12.1. The summed E-state index contributed by atoms with van der Waals surface area (Å²) in [5.41, 5.74) is 1.20. The molecule has 0 saturated heterocycles. The van der Waals surface area contributed by atoms with Crippen LogP contribution in [0.3, 0.4) is 0 Å². The van der Waals surface area contributed by atoms with Crippen LogP contribution in [-0.2, 0) is 0 Å². The molecular weight excluding hydrogens is 264 g/mol. The number of amides is 2. The Hall–Kier alpha value is -1.84. The van der Waals surface area contributed by atoms with Crippen LogP contribution >= 0.6 is 0 Å². The smallest absolute Gasteiger partial charge is 0.251 e. The second kappa shape index (κ2) is 7.25. The van der Waals surface area contributed by atoms with Gasteiger partial charge in [-0.15, -0.1) is 0 Å². The number of carbonyl (C=O) groups excluding carboxylic acids is 2. The summed E-state index contributed by atoms with van der Waals surface area (Å²) < 4.78 is 0. The lowest BCUT2D eigenvalue weighted by Gasteiger charge is -2.12. The molecule has 0 aromatic heterocycles. The largest absolute Gasteiger partial charge is 0.352 e. The van der Waals surface area contributed by atoms with Crippen LogP contribution in [0.2, 0.25) is 0 Å². The Bertz CT molecular complexity index is 488. The van der Waals surface area contributed by atoms with Crippen LogP contribution in [0.4, 0.5) is 0 Å². The number of nitrogens with one attached hydrogen (secondary N) is 2. The Morgan fingerprint density at radius 3 is 2.10 bits per heavy atom. The predicted molar refractivity (Wildman–Crippen MR) is 83.3 cm³/mol. The van der Waals surface area contributed by atoms with Crippen LogP contribution in [0.1, 0.15) is 60.2 Å². The monoisotopic (exact) mass is 288 g/mol. The van der Waals surface area contributed by atoms with Gasteiger partial charge in [-0.3, -0.25) is 9.59 Å². The van der Waals surface area contributed by atoms with E-state index in [9.17, 15) is 9.59 Å². The van der Waals surface area contributed by atoms with Crippen LogP contribution in [0.25, 0.3) is 0 Å². The van der Waals surface area contributed by atoms with Gasteiger partial charge in [0, 0.05) is 23.7 Å². The van der Waals surface area contributed by atoms with Gasteiger partial charge >= 0.3 is 0 Å². The van der Waals surface area contributed by atoms with E-state index < -0.39 is 0 Å². The highest BCUT2D eigenvalue weighted by Gasteiger charge is 2.18. The van der Waals surface area contributed by atoms with Gasteiger partial charge in [0.25, 0.3) is 11.8 Å². The lowest BCUT2D eigenvalue weighted by Crippen LogP contribution is -2.32. The molecule has 1 aromatic rings. The SMILES string of the molecule is CC(C)CNC(=O)c1ccc(C(=O)NC2CCCC2)cc1. The zero-order valence-electron chi connectivity index (χ0n) is 12.8. The van der Waals surface area contributed by atoms with Crippen LogP contribution in [-0.4, -0.2) is 24.4 Å². The molecule has 0 unspecified atom stereocenters. The quantitative estimate of drug-likeness (QED) is 0.875. The third-order valence-corrected chi connectivity index (χ3v) is 3.77. The number of benzene rings is 1. The van der Waals surface area contributed by atoms with Crippen molar-refractivity contribution in [2.45, 2.75) is 45.6 Å². The molecule has 21 heavy (non-hydrogen) atoms. The molecule has 1 aromatic carbocycles. The number of hydrogen-bond donors (Lipinski definition) is 2. The van der Waals surface area contributed by atoms with Crippen molar-refractivity contribution in [3.05, 3.63) is 35.4 Å². The first kappa shape index (κ1) is 15.5. The van der Waals surface area contributed by atoms with Crippen molar-refractivity contribution in [2.75, 3.05) is 6.54 Å². The Labute approximate surface area is 126 Å². The summed E-state index contributed by atoms with van der Waals surface area (Å²) in [4.78, 5) is 24.0. The van der Waals surface area contributed by atoms with Gasteiger partial charge in [-0.2, -0.15) is 0 Å². The molecule has 1 aliphatic rings. The van der Waals surface area contributed by atoms with E-state index in [1.807, 2.05) is 0 Å². The summed E-state index contributed by atoms with van der Waals surface area (Å²) >= 11 is 0. The highest BCUT2D eigenvalue weighted by atomic mass is 16.2. The van der Waals surface area contributed by atoms with E-state index in [2.05, 4.69) is 24.5 Å². The molecule has 2 amide bonds. The predicted octanol–water partition coefficient (Wildman–Crippen LogP) is 2.74. The van der Waals surface area contributed by atoms with E-state index in [0.29, 0.717) is 29.6 Å². The van der Waals surface area contributed by atoms with Crippen molar-refractivity contribution in [3.8, 4) is 0 Å². The van der Waals surface area contributed by atoms with Gasteiger partial charge in [-0.05, 0) is 43.0 Å². The third-order valence-electron chi connectivity index (χ3n) is 3.77. The number of hydrogen-bond acceptors (Lipinski definition) is 2.